The van der Waals surface area contributed by atoms with E-state index < -0.39 is 23.3 Å². The number of nitrogens with zero attached hydrogens (tertiary/aromatic N) is 2. The van der Waals surface area contributed by atoms with Crippen LogP contribution < -0.4 is 5.32 Å². The summed E-state index contributed by atoms with van der Waals surface area (Å²) in [6.07, 6.45) is 1.77. The van der Waals surface area contributed by atoms with Crippen molar-refractivity contribution in [2.45, 2.75) is 31.2 Å². The van der Waals surface area contributed by atoms with Gasteiger partial charge in [-0.1, -0.05) is 17.7 Å². The highest BCUT2D eigenvalue weighted by molar-refractivity contribution is 6.31. The summed E-state index contributed by atoms with van der Waals surface area (Å²) in [5.41, 5.74) is -2.21. The van der Waals surface area contributed by atoms with Gasteiger partial charge in [0.15, 0.2) is 0 Å². The van der Waals surface area contributed by atoms with Gasteiger partial charge in [-0.3, -0.25) is 9.69 Å². The van der Waals surface area contributed by atoms with Crippen molar-refractivity contribution in [3.63, 3.8) is 0 Å². The number of ether oxygens (including phenoxy) is 1. The molecule has 1 saturated heterocycles. The maximum Gasteiger partial charge on any atom is 0.262 e. The molecule has 162 valence electrons. The van der Waals surface area contributed by atoms with Gasteiger partial charge in [0.05, 0.1) is 11.7 Å². The quantitative estimate of drug-likeness (QED) is 0.627. The first kappa shape index (κ1) is 22.4. The van der Waals surface area contributed by atoms with Crippen molar-refractivity contribution in [1.29, 1.82) is 0 Å². The number of hydrogen-bond donors (Lipinski definition) is 2. The molecule has 1 aromatic carbocycles. The third kappa shape index (κ3) is 5.06. The number of aromatic hydroxyl groups is 1. The minimum atomic E-state index is -2.48. The molecule has 0 aliphatic carbocycles. The van der Waals surface area contributed by atoms with Crippen LogP contribution in [-0.4, -0.2) is 53.7 Å². The lowest BCUT2D eigenvalue weighted by atomic mass is 9.90. The minimum Gasteiger partial charge on any atom is -0.493 e. The summed E-state index contributed by atoms with van der Waals surface area (Å²) in [5, 5.41) is 12.7. The van der Waals surface area contributed by atoms with Crippen LogP contribution in [-0.2, 0) is 21.7 Å². The number of benzene rings is 1. The number of likely N-dealkylation sites (tertiary alicyclic amines) is 1. The Morgan fingerprint density at radius 3 is 2.87 bits per heavy atom. The monoisotopic (exact) mass is 439 g/mol. The third-order valence-corrected chi connectivity index (χ3v) is 5.63. The normalized spacial score (nSPS) is 16.7. The highest BCUT2D eigenvalue weighted by Crippen LogP contribution is 2.36. The van der Waals surface area contributed by atoms with E-state index in [-0.39, 0.29) is 29.7 Å². The van der Waals surface area contributed by atoms with Crippen molar-refractivity contribution in [3.05, 3.63) is 58.5 Å². The Kier molecular flexibility index (Phi) is 7.23. The maximum atomic E-state index is 16.0. The molecule has 0 radical (unpaired) electrons. The number of carbonyl (C=O) groups excluding carboxylic acids is 1. The highest BCUT2D eigenvalue weighted by Gasteiger charge is 2.43. The Morgan fingerprint density at radius 2 is 2.20 bits per heavy atom. The molecule has 2 N–H and O–H groups in total. The molecule has 1 amide bonds. The molecule has 1 aliphatic rings. The summed E-state index contributed by atoms with van der Waals surface area (Å²) < 4.78 is 34.4. The fraction of sp³-hybridized carbons (Fsp3) is 0.429. The second-order valence-corrected chi connectivity index (χ2v) is 7.72. The summed E-state index contributed by atoms with van der Waals surface area (Å²) in [4.78, 5) is 18.7. The third-order valence-electron chi connectivity index (χ3n) is 5.28. The highest BCUT2D eigenvalue weighted by atomic mass is 35.5. The number of methoxy groups -OCH3 is 1. The van der Waals surface area contributed by atoms with Crippen LogP contribution in [0.1, 0.15) is 24.0 Å². The van der Waals surface area contributed by atoms with E-state index in [9.17, 15) is 14.3 Å². The Hall–Kier alpha value is -2.29. The van der Waals surface area contributed by atoms with Gasteiger partial charge in [-0.25, -0.2) is 13.8 Å². The van der Waals surface area contributed by atoms with Gasteiger partial charge < -0.3 is 15.2 Å². The van der Waals surface area contributed by atoms with Crippen LogP contribution in [0.25, 0.3) is 0 Å². The molecule has 9 heteroatoms. The van der Waals surface area contributed by atoms with Crippen LogP contribution in [0.15, 0.2) is 36.5 Å². The van der Waals surface area contributed by atoms with Crippen LogP contribution >= 0.6 is 11.6 Å². The summed E-state index contributed by atoms with van der Waals surface area (Å²) in [7, 11) is 1.65. The van der Waals surface area contributed by atoms with Crippen molar-refractivity contribution < 1.29 is 23.4 Å². The Morgan fingerprint density at radius 1 is 1.43 bits per heavy atom. The van der Waals surface area contributed by atoms with E-state index in [0.29, 0.717) is 18.5 Å². The number of nitrogens with one attached hydrogen (secondary N) is 1. The first-order valence-electron chi connectivity index (χ1n) is 9.64. The van der Waals surface area contributed by atoms with E-state index in [2.05, 4.69) is 15.2 Å². The number of carbonyl (C=O) groups is 1. The van der Waals surface area contributed by atoms with E-state index in [1.807, 2.05) is 0 Å². The van der Waals surface area contributed by atoms with Gasteiger partial charge in [0, 0.05) is 38.0 Å². The van der Waals surface area contributed by atoms with E-state index in [1.54, 1.807) is 7.11 Å². The van der Waals surface area contributed by atoms with Crippen molar-refractivity contribution in [3.8, 4) is 5.88 Å². The maximum absolute atomic E-state index is 16.0. The number of aromatic nitrogens is 1. The van der Waals surface area contributed by atoms with Crippen molar-refractivity contribution in [1.82, 2.24) is 15.2 Å². The van der Waals surface area contributed by atoms with Gasteiger partial charge in [0.25, 0.3) is 5.91 Å². The lowest BCUT2D eigenvalue weighted by Gasteiger charge is -2.38. The zero-order valence-corrected chi connectivity index (χ0v) is 17.3. The van der Waals surface area contributed by atoms with Crippen LogP contribution in [0, 0.1) is 5.82 Å². The van der Waals surface area contributed by atoms with Crippen LogP contribution in [0.3, 0.4) is 0 Å². The fourth-order valence-corrected chi connectivity index (χ4v) is 3.69. The number of pyridine rings is 1. The van der Waals surface area contributed by atoms with E-state index in [0.717, 1.165) is 19.2 Å². The lowest BCUT2D eigenvalue weighted by molar-refractivity contribution is -0.134. The predicted molar refractivity (Wildman–Crippen MR) is 108 cm³/mol. The summed E-state index contributed by atoms with van der Waals surface area (Å²) >= 11 is 5.98. The van der Waals surface area contributed by atoms with Crippen molar-refractivity contribution >= 4 is 17.5 Å². The zero-order valence-electron chi connectivity index (χ0n) is 16.6. The molecule has 0 bridgehead atoms. The Balaban J connectivity index is 1.70. The molecule has 1 aromatic heterocycles. The topological polar surface area (TPSA) is 74.7 Å². The van der Waals surface area contributed by atoms with Crippen LogP contribution in [0.2, 0.25) is 5.02 Å². The molecule has 0 unspecified atom stereocenters. The molecule has 0 spiro atoms. The minimum absolute atomic E-state index is 0.0771. The van der Waals surface area contributed by atoms with E-state index in [1.165, 1.54) is 30.5 Å². The number of halogens is 3. The Labute approximate surface area is 178 Å². The van der Waals surface area contributed by atoms with Gasteiger partial charge >= 0.3 is 0 Å². The van der Waals surface area contributed by atoms with E-state index >= 15 is 4.39 Å². The molecule has 1 aliphatic heterocycles. The smallest absolute Gasteiger partial charge is 0.262 e. The van der Waals surface area contributed by atoms with Gasteiger partial charge in [-0.15, -0.1) is 0 Å². The molecule has 1 fully saturated rings. The fourth-order valence-electron chi connectivity index (χ4n) is 3.46. The number of hydrogen-bond acceptors (Lipinski definition) is 5. The van der Waals surface area contributed by atoms with Gasteiger partial charge in [0.2, 0.25) is 11.5 Å². The molecule has 2 aromatic rings. The number of alkyl halides is 1. The average Bonchev–Trinajstić information content (AvgIpc) is 2.69. The number of rotatable bonds is 9. The number of amides is 1. The summed E-state index contributed by atoms with van der Waals surface area (Å²) in [5.74, 6) is -1.94. The van der Waals surface area contributed by atoms with Crippen LogP contribution in [0.4, 0.5) is 8.78 Å². The molecule has 1 atom stereocenters. The molecular weight excluding hydrogens is 416 g/mol. The molecular formula is C21H24ClF2N3O3. The molecule has 30 heavy (non-hydrogen) atoms. The summed E-state index contributed by atoms with van der Waals surface area (Å²) in [6.45, 7) is 2.06. The molecule has 6 nitrogen and oxygen atoms in total. The SMILES string of the molecule is COC1CN(CCC[C@@](F)(C(=O)NCc2ccc(F)cc2Cl)c2cccnc2O)C1. The van der Waals surface area contributed by atoms with Crippen molar-refractivity contribution in [2.75, 3.05) is 26.7 Å². The Bertz CT molecular complexity index is 896. The lowest BCUT2D eigenvalue weighted by Crippen LogP contribution is -2.52. The van der Waals surface area contributed by atoms with Gasteiger partial charge in [-0.2, -0.15) is 0 Å². The van der Waals surface area contributed by atoms with E-state index in [4.69, 9.17) is 16.3 Å². The van der Waals surface area contributed by atoms with Gasteiger partial charge in [0.1, 0.15) is 5.82 Å². The first-order chi connectivity index (χ1) is 14.3. The van der Waals surface area contributed by atoms with Crippen LogP contribution in [0.5, 0.6) is 5.88 Å². The predicted octanol–water partition coefficient (Wildman–Crippen LogP) is 3.17. The zero-order chi connectivity index (χ0) is 21.7. The average molecular weight is 440 g/mol. The molecule has 3 rings (SSSR count). The molecule has 0 saturated carbocycles. The standard InChI is InChI=1S/C21H24ClF2N3O3/c1-30-16-12-27(13-16)9-3-7-21(24,17-4-2-8-25-19(17)28)20(29)26-11-14-5-6-15(23)10-18(14)22/h2,4-6,8,10,16H,3,7,9,11-13H2,1H3,(H,25,28)(H,26,29)/t21-/m0/s1. The summed E-state index contributed by atoms with van der Waals surface area (Å²) in [6, 6.07) is 6.57. The molecule has 2 heterocycles. The van der Waals surface area contributed by atoms with Gasteiger partial charge in [-0.05, 0) is 49.2 Å². The first-order valence-corrected chi connectivity index (χ1v) is 10.0. The second kappa shape index (κ2) is 9.68. The van der Waals surface area contributed by atoms with Crippen molar-refractivity contribution in [2.24, 2.45) is 0 Å². The largest absolute Gasteiger partial charge is 0.493 e. The second-order valence-electron chi connectivity index (χ2n) is 7.31.